The Kier molecular flexibility index (Phi) is 3.62. The van der Waals surface area contributed by atoms with Crippen LogP contribution in [0, 0.1) is 0 Å². The van der Waals surface area contributed by atoms with Crippen LogP contribution in [-0.2, 0) is 12.9 Å². The van der Waals surface area contributed by atoms with Crippen LogP contribution in [0.5, 0.6) is 0 Å². The summed E-state index contributed by atoms with van der Waals surface area (Å²) in [7, 11) is 0. The fraction of sp³-hybridized carbons (Fsp3) is 0.333. The highest BCUT2D eigenvalue weighted by atomic mass is 19.4. The van der Waals surface area contributed by atoms with Gasteiger partial charge in [-0.15, -0.1) is 0 Å². The summed E-state index contributed by atoms with van der Waals surface area (Å²) in [5.41, 5.74) is -0.902. The first-order chi connectivity index (χ1) is 10.8. The van der Waals surface area contributed by atoms with Gasteiger partial charge in [-0.25, -0.2) is 4.39 Å². The molecule has 122 valence electrons. The van der Waals surface area contributed by atoms with Crippen LogP contribution in [0.25, 0.3) is 0 Å². The molecule has 0 spiro atoms. The number of nitrogens with zero attached hydrogens (tertiary/aromatic N) is 3. The third-order valence-corrected chi connectivity index (χ3v) is 3.85. The van der Waals surface area contributed by atoms with Crippen LogP contribution < -0.4 is 4.90 Å². The summed E-state index contributed by atoms with van der Waals surface area (Å²) in [5, 5.41) is 4.06. The van der Waals surface area contributed by atoms with E-state index in [1.54, 1.807) is 10.7 Å². The van der Waals surface area contributed by atoms with E-state index in [2.05, 4.69) is 5.10 Å². The molecule has 0 bridgehead atoms. The Hall–Kier alpha value is -2.38. The lowest BCUT2D eigenvalue weighted by Crippen LogP contribution is -2.42. The maximum Gasteiger partial charge on any atom is 0.416 e. The average molecular weight is 327 g/mol. The summed E-state index contributed by atoms with van der Waals surface area (Å²) in [6.45, 7) is 0.846. The van der Waals surface area contributed by atoms with E-state index in [0.717, 1.165) is 12.1 Å². The zero-order valence-corrected chi connectivity index (χ0v) is 12.1. The van der Waals surface area contributed by atoms with Gasteiger partial charge in [-0.2, -0.15) is 18.3 Å². The van der Waals surface area contributed by atoms with Gasteiger partial charge in [-0.1, -0.05) is 0 Å². The van der Waals surface area contributed by atoms with Crippen molar-refractivity contribution < 1.29 is 22.4 Å². The molecule has 1 aliphatic rings. The van der Waals surface area contributed by atoms with Crippen LogP contribution in [-0.4, -0.2) is 22.2 Å². The van der Waals surface area contributed by atoms with Crippen molar-refractivity contribution in [3.05, 3.63) is 47.3 Å². The number of anilines is 1. The van der Waals surface area contributed by atoms with Gasteiger partial charge in [0.05, 0.1) is 11.6 Å². The van der Waals surface area contributed by atoms with E-state index in [1.807, 2.05) is 6.92 Å². The van der Waals surface area contributed by atoms with Crippen molar-refractivity contribution in [3.63, 3.8) is 0 Å². The van der Waals surface area contributed by atoms with Gasteiger partial charge in [-0.3, -0.25) is 9.48 Å². The lowest BCUT2D eigenvalue weighted by molar-refractivity contribution is -0.138. The van der Waals surface area contributed by atoms with Crippen LogP contribution in [0.4, 0.5) is 23.2 Å². The number of carbonyl (C=O) groups is 1. The second kappa shape index (κ2) is 5.36. The number of fused-ring (bicyclic) bond motifs is 1. The first kappa shape index (κ1) is 15.5. The average Bonchev–Trinajstić information content (AvgIpc) is 2.99. The molecule has 1 atom stereocenters. The molecule has 1 amide bonds. The zero-order chi connectivity index (χ0) is 16.8. The van der Waals surface area contributed by atoms with Crippen molar-refractivity contribution in [1.82, 2.24) is 9.78 Å². The van der Waals surface area contributed by atoms with Crippen LogP contribution in [0.3, 0.4) is 0 Å². The molecule has 2 heterocycles. The van der Waals surface area contributed by atoms with Gasteiger partial charge in [0.2, 0.25) is 0 Å². The Morgan fingerprint density at radius 2 is 2.04 bits per heavy atom. The second-order valence-corrected chi connectivity index (χ2v) is 5.40. The maximum atomic E-state index is 13.0. The van der Waals surface area contributed by atoms with Gasteiger partial charge >= 0.3 is 6.18 Å². The normalized spacial score (nSPS) is 18.2. The summed E-state index contributed by atoms with van der Waals surface area (Å²) >= 11 is 0. The molecule has 1 aliphatic heterocycles. The number of hydrogen-bond donors (Lipinski definition) is 0. The quantitative estimate of drug-likeness (QED) is 0.791. The first-order valence-corrected chi connectivity index (χ1v) is 6.94. The van der Waals surface area contributed by atoms with Crippen molar-refractivity contribution in [2.45, 2.75) is 25.8 Å². The minimum atomic E-state index is -4.63. The Morgan fingerprint density at radius 1 is 1.30 bits per heavy atom. The van der Waals surface area contributed by atoms with Crippen molar-refractivity contribution >= 4 is 11.6 Å². The van der Waals surface area contributed by atoms with Gasteiger partial charge in [0.1, 0.15) is 12.4 Å². The van der Waals surface area contributed by atoms with Gasteiger partial charge in [-0.05, 0) is 36.8 Å². The Morgan fingerprint density at radius 3 is 2.70 bits per heavy atom. The smallest absolute Gasteiger partial charge is 0.305 e. The third kappa shape index (κ3) is 2.58. The number of hydrogen-bond acceptors (Lipinski definition) is 2. The number of carbonyl (C=O) groups excluding carboxylic acids is 1. The fourth-order valence-corrected chi connectivity index (χ4v) is 2.76. The number of halogens is 4. The largest absolute Gasteiger partial charge is 0.416 e. The van der Waals surface area contributed by atoms with Crippen molar-refractivity contribution in [1.29, 1.82) is 0 Å². The summed E-state index contributed by atoms with van der Waals surface area (Å²) in [6, 6.07) is 4.51. The minimum Gasteiger partial charge on any atom is -0.305 e. The lowest BCUT2D eigenvalue weighted by atomic mass is 10.1. The summed E-state index contributed by atoms with van der Waals surface area (Å²) < 4.78 is 53.1. The third-order valence-electron chi connectivity index (χ3n) is 3.85. The molecule has 8 heteroatoms. The SMILES string of the molecule is CC1CN(c2ccc(C(F)(F)F)c(CF)c2)C(=O)c2ccnn21. The summed E-state index contributed by atoms with van der Waals surface area (Å²) in [6.07, 6.45) is -3.13. The van der Waals surface area contributed by atoms with E-state index >= 15 is 0 Å². The van der Waals surface area contributed by atoms with E-state index in [4.69, 9.17) is 0 Å². The molecule has 23 heavy (non-hydrogen) atoms. The first-order valence-electron chi connectivity index (χ1n) is 6.94. The second-order valence-electron chi connectivity index (χ2n) is 5.40. The van der Waals surface area contributed by atoms with Gasteiger partial charge in [0, 0.05) is 18.4 Å². The van der Waals surface area contributed by atoms with E-state index in [9.17, 15) is 22.4 Å². The van der Waals surface area contributed by atoms with Crippen LogP contribution in [0.2, 0.25) is 0 Å². The maximum absolute atomic E-state index is 13.0. The number of rotatable bonds is 2. The molecule has 1 aromatic heterocycles. The number of benzene rings is 1. The molecule has 0 fully saturated rings. The van der Waals surface area contributed by atoms with Crippen LogP contribution >= 0.6 is 0 Å². The zero-order valence-electron chi connectivity index (χ0n) is 12.1. The Labute approximate surface area is 129 Å². The van der Waals surface area contributed by atoms with Crippen LogP contribution in [0.1, 0.15) is 34.6 Å². The van der Waals surface area contributed by atoms with E-state index in [-0.39, 0.29) is 24.2 Å². The Balaban J connectivity index is 2.02. The highest BCUT2D eigenvalue weighted by Crippen LogP contribution is 2.35. The number of aromatic nitrogens is 2. The predicted molar refractivity (Wildman–Crippen MR) is 74.9 cm³/mol. The molecule has 0 saturated heterocycles. The molecule has 0 N–H and O–H groups in total. The predicted octanol–water partition coefficient (Wildman–Crippen LogP) is 3.59. The van der Waals surface area contributed by atoms with Crippen molar-refractivity contribution in [3.8, 4) is 0 Å². The van der Waals surface area contributed by atoms with E-state index < -0.39 is 24.0 Å². The molecule has 2 aromatic rings. The van der Waals surface area contributed by atoms with Crippen LogP contribution in [0.15, 0.2) is 30.5 Å². The fourth-order valence-electron chi connectivity index (χ4n) is 2.76. The molecule has 3 rings (SSSR count). The van der Waals surface area contributed by atoms with Gasteiger partial charge in [0.15, 0.2) is 0 Å². The number of alkyl halides is 4. The topological polar surface area (TPSA) is 38.1 Å². The molecule has 0 aliphatic carbocycles. The van der Waals surface area contributed by atoms with E-state index in [1.165, 1.54) is 17.2 Å². The molecule has 4 nitrogen and oxygen atoms in total. The van der Waals surface area contributed by atoms with E-state index in [0.29, 0.717) is 5.69 Å². The summed E-state index contributed by atoms with van der Waals surface area (Å²) in [4.78, 5) is 13.8. The number of amides is 1. The molecule has 1 aromatic carbocycles. The molecular formula is C15H13F4N3O. The van der Waals surface area contributed by atoms with Crippen molar-refractivity contribution in [2.24, 2.45) is 0 Å². The molecule has 0 radical (unpaired) electrons. The minimum absolute atomic E-state index is 0.131. The standard InChI is InChI=1S/C15H13F4N3O/c1-9-8-21(14(23)13-4-5-20-22(9)13)11-2-3-12(15(17,18)19)10(6-11)7-16/h2-6,9H,7-8H2,1H3. The molecule has 1 unspecified atom stereocenters. The monoisotopic (exact) mass is 327 g/mol. The van der Waals surface area contributed by atoms with Gasteiger partial charge in [0.25, 0.3) is 5.91 Å². The Bertz CT molecular complexity index is 753. The molecule has 0 saturated carbocycles. The lowest BCUT2D eigenvalue weighted by Gasteiger charge is -2.32. The highest BCUT2D eigenvalue weighted by molar-refractivity contribution is 6.05. The summed E-state index contributed by atoms with van der Waals surface area (Å²) in [5.74, 6) is -0.370. The van der Waals surface area contributed by atoms with Crippen molar-refractivity contribution in [2.75, 3.05) is 11.4 Å². The highest BCUT2D eigenvalue weighted by Gasteiger charge is 2.35. The van der Waals surface area contributed by atoms with Gasteiger partial charge < -0.3 is 4.90 Å². The molecular weight excluding hydrogens is 314 g/mol.